The lowest BCUT2D eigenvalue weighted by Gasteiger charge is -2.39. The lowest BCUT2D eigenvalue weighted by molar-refractivity contribution is -0.137. The normalized spacial score (nSPS) is 22.1. The number of aryl methyl sites for hydroxylation is 1. The highest BCUT2D eigenvalue weighted by molar-refractivity contribution is 7.89. The minimum Gasteiger partial charge on any atom is -0.394 e. The van der Waals surface area contributed by atoms with Crippen LogP contribution in [0.25, 0.3) is 11.1 Å². The average Bonchev–Trinajstić information content (AvgIpc) is 3.78. The van der Waals surface area contributed by atoms with Crippen molar-refractivity contribution in [2.75, 3.05) is 29.1 Å². The lowest BCUT2D eigenvalue weighted by atomic mass is 9.82. The van der Waals surface area contributed by atoms with Gasteiger partial charge in [-0.05, 0) is 85.0 Å². The van der Waals surface area contributed by atoms with E-state index in [1.807, 2.05) is 43.3 Å². The summed E-state index contributed by atoms with van der Waals surface area (Å²) in [6.07, 6.45) is 3.86. The van der Waals surface area contributed by atoms with Gasteiger partial charge in [0, 0.05) is 65.9 Å². The summed E-state index contributed by atoms with van der Waals surface area (Å²) in [7, 11) is -3.82. The fourth-order valence-electron chi connectivity index (χ4n) is 8.20. The Bertz CT molecular complexity index is 2360. The molecule has 0 radical (unpaired) electrons. The number of nitrogens with one attached hydrogen (secondary N) is 4. The van der Waals surface area contributed by atoms with Crippen LogP contribution in [0.3, 0.4) is 0 Å². The molecule has 0 spiro atoms. The van der Waals surface area contributed by atoms with E-state index in [1.165, 1.54) is 17.2 Å². The maximum Gasteiger partial charge on any atom is 0.255 e. The van der Waals surface area contributed by atoms with Crippen LogP contribution in [-0.4, -0.2) is 71.6 Å². The summed E-state index contributed by atoms with van der Waals surface area (Å²) < 4.78 is 29.5. The van der Waals surface area contributed by atoms with Gasteiger partial charge in [-0.15, -0.1) is 0 Å². The molecule has 4 heterocycles. The molecule has 0 aromatic heterocycles. The van der Waals surface area contributed by atoms with Crippen molar-refractivity contribution in [2.45, 2.75) is 55.8 Å². The van der Waals surface area contributed by atoms with E-state index in [9.17, 15) is 32.7 Å². The maximum absolute atomic E-state index is 14.0. The van der Waals surface area contributed by atoms with Crippen LogP contribution in [0.1, 0.15) is 52.4 Å². The maximum atomic E-state index is 14.0. The Morgan fingerprint density at radius 3 is 2.53 bits per heavy atom. The van der Waals surface area contributed by atoms with Crippen LogP contribution in [0.2, 0.25) is 0 Å². The number of anilines is 3. The molecule has 4 aliphatic heterocycles. The molecule has 0 saturated carbocycles. The molecule has 1 unspecified atom stereocenters. The number of carbonyl (C=O) groups is 4. The molecule has 2 saturated heterocycles. The minimum absolute atomic E-state index is 0.122. The zero-order valence-corrected chi connectivity index (χ0v) is 30.8. The minimum atomic E-state index is -3.82. The smallest absolute Gasteiger partial charge is 0.255 e. The van der Waals surface area contributed by atoms with E-state index < -0.39 is 33.9 Å². The molecule has 5 N–H and O–H groups in total. The van der Waals surface area contributed by atoms with Crippen LogP contribution >= 0.6 is 0 Å². The summed E-state index contributed by atoms with van der Waals surface area (Å²) in [5, 5.41) is 22.0. The van der Waals surface area contributed by atoms with E-state index in [0.29, 0.717) is 35.5 Å². The van der Waals surface area contributed by atoms with Gasteiger partial charge in [-0.1, -0.05) is 42.0 Å². The third kappa shape index (κ3) is 6.77. The van der Waals surface area contributed by atoms with Gasteiger partial charge in [-0.2, -0.15) is 4.31 Å². The molecule has 4 aliphatic rings. The van der Waals surface area contributed by atoms with Crippen molar-refractivity contribution in [1.82, 2.24) is 14.5 Å². The Morgan fingerprint density at radius 1 is 0.964 bits per heavy atom. The van der Waals surface area contributed by atoms with E-state index in [0.717, 1.165) is 27.9 Å². The van der Waals surface area contributed by atoms with E-state index in [-0.39, 0.29) is 54.7 Å². The number of imide groups is 1. The van der Waals surface area contributed by atoms with Crippen LogP contribution in [0.15, 0.2) is 102 Å². The molecule has 13 nitrogen and oxygen atoms in total. The van der Waals surface area contributed by atoms with E-state index in [2.05, 4.69) is 21.3 Å². The van der Waals surface area contributed by atoms with Crippen molar-refractivity contribution in [3.8, 4) is 11.1 Å². The molecule has 0 aliphatic carbocycles. The van der Waals surface area contributed by atoms with E-state index in [1.54, 1.807) is 52.8 Å². The number of piperidine rings is 1. The zero-order chi connectivity index (χ0) is 38.4. The van der Waals surface area contributed by atoms with Crippen LogP contribution in [0.5, 0.6) is 0 Å². The molecular formula is C41H40N6O7S. The SMILES string of the molecule is Cc1ccc(S(=O)(=O)N2CC[C@@H]3[C@H](CO)Nc4ccc(-c5cccc(NC(=O)C=CNc6cccc7c6CN(C6CCC(=O)NC6=O)C7=O)c5)cc4[C@@H]32)cc1. The number of hydrogen-bond acceptors (Lipinski definition) is 9. The fourth-order valence-corrected chi connectivity index (χ4v) is 9.87. The summed E-state index contributed by atoms with van der Waals surface area (Å²) in [6.45, 7) is 2.32. The van der Waals surface area contributed by atoms with Crippen molar-refractivity contribution < 1.29 is 32.7 Å². The van der Waals surface area contributed by atoms with Gasteiger partial charge in [0.25, 0.3) is 5.91 Å². The average molecular weight is 761 g/mol. The number of carbonyl (C=O) groups excluding carboxylic acids is 4. The second kappa shape index (κ2) is 14.4. The molecule has 55 heavy (non-hydrogen) atoms. The highest BCUT2D eigenvalue weighted by Gasteiger charge is 2.48. The highest BCUT2D eigenvalue weighted by Crippen LogP contribution is 2.49. The molecule has 2 fully saturated rings. The first-order valence-electron chi connectivity index (χ1n) is 18.2. The Morgan fingerprint density at radius 2 is 1.75 bits per heavy atom. The molecule has 14 heteroatoms. The monoisotopic (exact) mass is 760 g/mol. The quantitative estimate of drug-likeness (QED) is 0.121. The van der Waals surface area contributed by atoms with Crippen molar-refractivity contribution in [3.63, 3.8) is 0 Å². The number of rotatable bonds is 9. The van der Waals surface area contributed by atoms with Crippen molar-refractivity contribution in [3.05, 3.63) is 119 Å². The third-order valence-electron chi connectivity index (χ3n) is 11.0. The van der Waals surface area contributed by atoms with Gasteiger partial charge in [0.1, 0.15) is 6.04 Å². The molecule has 0 bridgehead atoms. The molecule has 282 valence electrons. The number of sulfonamides is 1. The number of aliphatic hydroxyl groups is 1. The predicted molar refractivity (Wildman–Crippen MR) is 206 cm³/mol. The third-order valence-corrected chi connectivity index (χ3v) is 12.9. The Labute approximate surface area is 318 Å². The van der Waals surface area contributed by atoms with E-state index >= 15 is 0 Å². The second-order valence-corrected chi connectivity index (χ2v) is 16.2. The van der Waals surface area contributed by atoms with Gasteiger partial charge in [-0.25, -0.2) is 8.42 Å². The Kier molecular flexibility index (Phi) is 9.49. The molecule has 4 aromatic carbocycles. The first kappa shape index (κ1) is 36.2. The number of benzene rings is 4. The first-order valence-corrected chi connectivity index (χ1v) is 19.7. The summed E-state index contributed by atoms with van der Waals surface area (Å²) in [5.74, 6) is -1.63. The first-order chi connectivity index (χ1) is 26.5. The summed E-state index contributed by atoms with van der Waals surface area (Å²) in [6, 6.07) is 23.8. The molecule has 8 rings (SSSR count). The van der Waals surface area contributed by atoms with Crippen molar-refractivity contribution >= 4 is 50.7 Å². The van der Waals surface area contributed by atoms with Crippen LogP contribution in [0.4, 0.5) is 17.1 Å². The molecular weight excluding hydrogens is 721 g/mol. The molecule has 4 amide bonds. The number of aliphatic hydroxyl groups excluding tert-OH is 1. The Hall–Kier alpha value is -5.83. The summed E-state index contributed by atoms with van der Waals surface area (Å²) >= 11 is 0. The number of fused-ring (bicyclic) bond motifs is 4. The predicted octanol–water partition coefficient (Wildman–Crippen LogP) is 4.53. The molecule has 4 aromatic rings. The topological polar surface area (TPSA) is 177 Å². The summed E-state index contributed by atoms with van der Waals surface area (Å²) in [5.41, 5.74) is 6.56. The van der Waals surface area contributed by atoms with Gasteiger partial charge in [0.15, 0.2) is 0 Å². The summed E-state index contributed by atoms with van der Waals surface area (Å²) in [4.78, 5) is 52.0. The Balaban J connectivity index is 0.975. The van der Waals surface area contributed by atoms with Gasteiger partial charge >= 0.3 is 0 Å². The van der Waals surface area contributed by atoms with Gasteiger partial charge in [0.05, 0.1) is 23.6 Å². The van der Waals surface area contributed by atoms with E-state index in [4.69, 9.17) is 0 Å². The van der Waals surface area contributed by atoms with Crippen LogP contribution < -0.4 is 21.3 Å². The van der Waals surface area contributed by atoms with Crippen molar-refractivity contribution in [2.24, 2.45) is 5.92 Å². The standard InChI is InChI=1S/C41H40N6O7S/c1-24-8-11-28(12-9-24)55(53,54)47-19-17-30-35(23-48)44-34-13-10-26(21-31(34)39(30)47)25-4-2-5-27(20-25)43-38(50)16-18-42-33-7-3-6-29-32(33)22-46(41(29)52)36-14-15-37(49)45-40(36)51/h2-13,16,18,20-21,30,35-36,39,42,44,48H,14-15,17,19,22-23H2,1H3,(H,43,50)(H,45,49,51)/t30-,35+,36?,39-/m1/s1. The second-order valence-electron chi connectivity index (χ2n) is 14.3. The van der Waals surface area contributed by atoms with Gasteiger partial charge in [0.2, 0.25) is 27.7 Å². The van der Waals surface area contributed by atoms with Crippen molar-refractivity contribution in [1.29, 1.82) is 0 Å². The van der Waals surface area contributed by atoms with Gasteiger partial charge in [-0.3, -0.25) is 24.5 Å². The number of nitrogens with zero attached hydrogens (tertiary/aromatic N) is 2. The van der Waals surface area contributed by atoms with Crippen LogP contribution in [-0.2, 0) is 31.0 Å². The largest absolute Gasteiger partial charge is 0.394 e. The number of amides is 4. The number of hydrogen-bond donors (Lipinski definition) is 5. The van der Waals surface area contributed by atoms with Crippen LogP contribution in [0, 0.1) is 12.8 Å². The fraction of sp³-hybridized carbons (Fsp3) is 0.268. The highest BCUT2D eigenvalue weighted by atomic mass is 32.2. The van der Waals surface area contributed by atoms with Gasteiger partial charge < -0.3 is 26.0 Å². The lowest BCUT2D eigenvalue weighted by Crippen LogP contribution is -2.52. The molecule has 4 atom stereocenters. The zero-order valence-electron chi connectivity index (χ0n) is 30.0.